The lowest BCUT2D eigenvalue weighted by molar-refractivity contribution is 0.0915. The van der Waals surface area contributed by atoms with Crippen LogP contribution < -0.4 is 5.32 Å². The molecule has 2 aromatic heterocycles. The van der Waals surface area contributed by atoms with Crippen molar-refractivity contribution in [2.45, 2.75) is 6.04 Å². The van der Waals surface area contributed by atoms with Crippen LogP contribution in [-0.2, 0) is 7.05 Å². The number of para-hydroxylation sites is 1. The molecular formula is C20H16FN3O2. The molecule has 0 aliphatic heterocycles. The van der Waals surface area contributed by atoms with E-state index in [1.165, 1.54) is 12.1 Å². The predicted octanol–water partition coefficient (Wildman–Crippen LogP) is 3.82. The first kappa shape index (κ1) is 16.1. The molecule has 2 aromatic carbocycles. The molecule has 130 valence electrons. The summed E-state index contributed by atoms with van der Waals surface area (Å²) in [6.45, 7) is 0. The molecule has 1 amide bonds. The number of aromatic nitrogens is 2. The number of carbonyl (C=O) groups is 1. The van der Waals surface area contributed by atoms with Crippen LogP contribution in [0.1, 0.15) is 28.0 Å². The highest BCUT2D eigenvalue weighted by Crippen LogP contribution is 2.23. The Labute approximate surface area is 149 Å². The molecule has 0 aliphatic rings. The molecule has 5 nitrogen and oxygen atoms in total. The molecule has 0 saturated carbocycles. The number of nitrogens with one attached hydrogen (secondary N) is 1. The number of nitrogens with zero attached hydrogens (tertiary/aromatic N) is 2. The van der Waals surface area contributed by atoms with Gasteiger partial charge in [0, 0.05) is 24.8 Å². The van der Waals surface area contributed by atoms with Gasteiger partial charge in [0.1, 0.15) is 23.3 Å². The van der Waals surface area contributed by atoms with Gasteiger partial charge in [-0.15, -0.1) is 0 Å². The van der Waals surface area contributed by atoms with Crippen molar-refractivity contribution in [3.8, 4) is 0 Å². The van der Waals surface area contributed by atoms with Crippen molar-refractivity contribution < 1.29 is 13.6 Å². The first-order valence-corrected chi connectivity index (χ1v) is 8.14. The number of aryl methyl sites for hydroxylation is 1. The van der Waals surface area contributed by atoms with E-state index < -0.39 is 6.04 Å². The number of fused-ring (bicyclic) bond motifs is 1. The maximum absolute atomic E-state index is 13.3. The van der Waals surface area contributed by atoms with Crippen LogP contribution in [0.5, 0.6) is 0 Å². The van der Waals surface area contributed by atoms with Gasteiger partial charge in [0.2, 0.25) is 0 Å². The minimum Gasteiger partial charge on any atom is -0.451 e. The minimum absolute atomic E-state index is 0.215. The van der Waals surface area contributed by atoms with Crippen molar-refractivity contribution in [1.29, 1.82) is 0 Å². The monoisotopic (exact) mass is 349 g/mol. The second kappa shape index (κ2) is 6.48. The van der Waals surface area contributed by atoms with Gasteiger partial charge in [-0.25, -0.2) is 9.37 Å². The van der Waals surface area contributed by atoms with Crippen LogP contribution in [0.3, 0.4) is 0 Å². The third-order valence-corrected chi connectivity index (χ3v) is 4.24. The molecule has 6 heteroatoms. The summed E-state index contributed by atoms with van der Waals surface area (Å²) in [5.74, 6) is 0.156. The number of hydrogen-bond donors (Lipinski definition) is 1. The molecule has 0 radical (unpaired) electrons. The number of halogens is 1. The molecule has 1 unspecified atom stereocenters. The van der Waals surface area contributed by atoms with Gasteiger partial charge in [-0.3, -0.25) is 4.79 Å². The predicted molar refractivity (Wildman–Crippen MR) is 95.1 cm³/mol. The van der Waals surface area contributed by atoms with Crippen molar-refractivity contribution in [2.24, 2.45) is 7.05 Å². The van der Waals surface area contributed by atoms with Gasteiger partial charge in [0.15, 0.2) is 5.76 Å². The number of furan rings is 1. The third kappa shape index (κ3) is 2.97. The molecule has 0 bridgehead atoms. The molecule has 0 aliphatic carbocycles. The Hall–Kier alpha value is -3.41. The average molecular weight is 349 g/mol. The summed E-state index contributed by atoms with van der Waals surface area (Å²) in [7, 11) is 1.84. The van der Waals surface area contributed by atoms with Crippen molar-refractivity contribution in [3.63, 3.8) is 0 Å². The smallest absolute Gasteiger partial charge is 0.287 e. The Balaban J connectivity index is 1.69. The van der Waals surface area contributed by atoms with E-state index in [9.17, 15) is 9.18 Å². The Morgan fingerprint density at radius 2 is 1.96 bits per heavy atom. The fourth-order valence-electron chi connectivity index (χ4n) is 2.90. The van der Waals surface area contributed by atoms with Crippen LogP contribution in [-0.4, -0.2) is 15.5 Å². The van der Waals surface area contributed by atoms with E-state index in [4.69, 9.17) is 4.42 Å². The molecular weight excluding hydrogens is 333 g/mol. The van der Waals surface area contributed by atoms with Crippen LogP contribution >= 0.6 is 0 Å². The summed E-state index contributed by atoms with van der Waals surface area (Å²) in [4.78, 5) is 17.1. The summed E-state index contributed by atoms with van der Waals surface area (Å²) >= 11 is 0. The minimum atomic E-state index is -0.531. The fourth-order valence-corrected chi connectivity index (χ4v) is 2.90. The topological polar surface area (TPSA) is 60.1 Å². The highest BCUT2D eigenvalue weighted by atomic mass is 19.1. The molecule has 0 spiro atoms. The van der Waals surface area contributed by atoms with E-state index in [0.717, 1.165) is 10.9 Å². The Morgan fingerprint density at radius 1 is 1.19 bits per heavy atom. The average Bonchev–Trinajstić information content (AvgIpc) is 3.26. The summed E-state index contributed by atoms with van der Waals surface area (Å²) in [5, 5.41) is 3.79. The van der Waals surface area contributed by atoms with Gasteiger partial charge in [-0.2, -0.15) is 0 Å². The highest BCUT2D eigenvalue weighted by molar-refractivity contribution is 5.96. The van der Waals surface area contributed by atoms with E-state index in [2.05, 4.69) is 10.3 Å². The third-order valence-electron chi connectivity index (χ3n) is 4.24. The zero-order chi connectivity index (χ0) is 18.1. The molecule has 1 atom stereocenters. The normalized spacial score (nSPS) is 12.2. The van der Waals surface area contributed by atoms with Gasteiger partial charge >= 0.3 is 0 Å². The standard InChI is InChI=1S/C20H16FN3O2/c1-24-11-10-22-19(24)18(13-6-8-15(21)9-7-13)23-20(25)17-12-14-4-2-3-5-16(14)26-17/h2-12,18H,1H3,(H,23,25). The summed E-state index contributed by atoms with van der Waals surface area (Å²) in [6, 6.07) is 14.6. The van der Waals surface area contributed by atoms with Crippen LogP contribution in [0, 0.1) is 5.82 Å². The molecule has 1 N–H and O–H groups in total. The number of rotatable bonds is 4. The van der Waals surface area contributed by atoms with E-state index in [1.807, 2.05) is 35.9 Å². The SMILES string of the molecule is Cn1ccnc1C(NC(=O)c1cc2ccccc2o1)c1ccc(F)cc1. The number of carbonyl (C=O) groups excluding carboxylic acids is 1. The Bertz CT molecular complexity index is 1030. The summed E-state index contributed by atoms with van der Waals surface area (Å²) < 4.78 is 20.7. The zero-order valence-electron chi connectivity index (χ0n) is 14.0. The second-order valence-corrected chi connectivity index (χ2v) is 6.00. The molecule has 0 fully saturated rings. The number of benzene rings is 2. The largest absolute Gasteiger partial charge is 0.451 e. The number of hydrogen-bond acceptors (Lipinski definition) is 3. The van der Waals surface area contributed by atoms with Crippen LogP contribution in [0.15, 0.2) is 71.4 Å². The van der Waals surface area contributed by atoms with E-state index in [1.54, 1.807) is 30.6 Å². The van der Waals surface area contributed by atoms with Gasteiger partial charge in [-0.1, -0.05) is 30.3 Å². The number of amides is 1. The fraction of sp³-hybridized carbons (Fsp3) is 0.100. The van der Waals surface area contributed by atoms with Crippen molar-refractivity contribution in [1.82, 2.24) is 14.9 Å². The van der Waals surface area contributed by atoms with Gasteiger partial charge < -0.3 is 14.3 Å². The first-order chi connectivity index (χ1) is 12.6. The quantitative estimate of drug-likeness (QED) is 0.609. The summed E-state index contributed by atoms with van der Waals surface area (Å²) in [5.41, 5.74) is 1.37. The van der Waals surface area contributed by atoms with E-state index >= 15 is 0 Å². The second-order valence-electron chi connectivity index (χ2n) is 6.00. The lowest BCUT2D eigenvalue weighted by atomic mass is 10.1. The zero-order valence-corrected chi connectivity index (χ0v) is 14.0. The van der Waals surface area contributed by atoms with Gasteiger partial charge in [-0.05, 0) is 29.8 Å². The van der Waals surface area contributed by atoms with Crippen LogP contribution in [0.2, 0.25) is 0 Å². The highest BCUT2D eigenvalue weighted by Gasteiger charge is 2.23. The van der Waals surface area contributed by atoms with Crippen LogP contribution in [0.25, 0.3) is 11.0 Å². The number of imidazole rings is 1. The van der Waals surface area contributed by atoms with Crippen molar-refractivity contribution >= 4 is 16.9 Å². The maximum atomic E-state index is 13.3. The van der Waals surface area contributed by atoms with E-state index in [0.29, 0.717) is 11.4 Å². The van der Waals surface area contributed by atoms with Crippen molar-refractivity contribution in [2.75, 3.05) is 0 Å². The molecule has 26 heavy (non-hydrogen) atoms. The maximum Gasteiger partial charge on any atom is 0.287 e. The summed E-state index contributed by atoms with van der Waals surface area (Å²) in [6.07, 6.45) is 3.44. The molecule has 2 heterocycles. The molecule has 4 aromatic rings. The Morgan fingerprint density at radius 3 is 2.65 bits per heavy atom. The lowest BCUT2D eigenvalue weighted by Crippen LogP contribution is -2.30. The Kier molecular flexibility index (Phi) is 4.01. The van der Waals surface area contributed by atoms with Gasteiger partial charge in [0.25, 0.3) is 5.91 Å². The molecule has 4 rings (SSSR count). The molecule has 0 saturated heterocycles. The van der Waals surface area contributed by atoms with E-state index in [-0.39, 0.29) is 17.5 Å². The van der Waals surface area contributed by atoms with Crippen LogP contribution in [0.4, 0.5) is 4.39 Å². The first-order valence-electron chi connectivity index (χ1n) is 8.14. The lowest BCUT2D eigenvalue weighted by Gasteiger charge is -2.18. The van der Waals surface area contributed by atoms with Crippen molar-refractivity contribution in [3.05, 3.63) is 90.0 Å². The van der Waals surface area contributed by atoms with Gasteiger partial charge in [0.05, 0.1) is 0 Å².